The molecule has 0 radical (unpaired) electrons. The van der Waals surface area contributed by atoms with Gasteiger partial charge in [-0.2, -0.15) is 0 Å². The minimum atomic E-state index is -1.30. The van der Waals surface area contributed by atoms with E-state index in [0.29, 0.717) is 0 Å². The van der Waals surface area contributed by atoms with Gasteiger partial charge in [-0.3, -0.25) is 4.79 Å². The van der Waals surface area contributed by atoms with Gasteiger partial charge in [-0.05, 0) is 0 Å². The molecule has 0 aromatic carbocycles. The van der Waals surface area contributed by atoms with Gasteiger partial charge in [0, 0.05) is 6.92 Å². The van der Waals surface area contributed by atoms with Gasteiger partial charge in [-0.15, -0.1) is 0 Å². The van der Waals surface area contributed by atoms with Gasteiger partial charge in [0.05, 0.1) is 6.61 Å². The fraction of sp³-hybridized carbons (Fsp3) is 0.857. The Labute approximate surface area is 74.7 Å². The Hall–Kier alpha value is -0.690. The van der Waals surface area contributed by atoms with E-state index in [0.717, 1.165) is 6.92 Å². The Morgan fingerprint density at radius 1 is 1.46 bits per heavy atom. The highest BCUT2D eigenvalue weighted by molar-refractivity contribution is 5.66. The number of aliphatic hydroxyl groups excluding tert-OH is 3. The Kier molecular flexibility index (Phi) is 3.21. The van der Waals surface area contributed by atoms with Crippen LogP contribution in [0.15, 0.2) is 0 Å². The first-order chi connectivity index (χ1) is 6.06. The Morgan fingerprint density at radius 2 is 2.08 bits per heavy atom. The molecular formula is C7H12O6. The zero-order valence-electron chi connectivity index (χ0n) is 7.08. The molecule has 0 spiro atoms. The summed E-state index contributed by atoms with van der Waals surface area (Å²) in [6.45, 7) is 0.727. The number of aliphatic hydroxyl groups is 3. The second kappa shape index (κ2) is 4.01. The number of carbonyl (C=O) groups is 1. The molecule has 1 aliphatic rings. The summed E-state index contributed by atoms with van der Waals surface area (Å²) < 4.78 is 9.40. The van der Waals surface area contributed by atoms with Crippen molar-refractivity contribution < 1.29 is 29.6 Å². The minimum absolute atomic E-state index is 0.435. The van der Waals surface area contributed by atoms with E-state index in [-0.39, 0.29) is 0 Å². The second-order valence-corrected chi connectivity index (χ2v) is 2.82. The maximum absolute atomic E-state index is 10.5. The summed E-state index contributed by atoms with van der Waals surface area (Å²) in [6.07, 6.45) is -4.63. The summed E-state index contributed by atoms with van der Waals surface area (Å²) >= 11 is 0. The van der Waals surface area contributed by atoms with E-state index in [4.69, 9.17) is 9.84 Å². The first kappa shape index (κ1) is 10.4. The second-order valence-electron chi connectivity index (χ2n) is 2.82. The van der Waals surface area contributed by atoms with E-state index in [9.17, 15) is 15.0 Å². The van der Waals surface area contributed by atoms with Crippen LogP contribution in [0.5, 0.6) is 0 Å². The first-order valence-corrected chi connectivity index (χ1v) is 3.86. The highest BCUT2D eigenvalue weighted by atomic mass is 16.7. The molecule has 0 amide bonds. The molecule has 76 valence electrons. The lowest BCUT2D eigenvalue weighted by molar-refractivity contribution is -0.187. The van der Waals surface area contributed by atoms with Gasteiger partial charge >= 0.3 is 5.97 Å². The van der Waals surface area contributed by atoms with E-state index < -0.39 is 37.2 Å². The van der Waals surface area contributed by atoms with Crippen molar-refractivity contribution in [1.29, 1.82) is 0 Å². The number of hydrogen-bond donors (Lipinski definition) is 3. The molecule has 0 aromatic rings. The summed E-state index contributed by atoms with van der Waals surface area (Å²) in [4.78, 5) is 10.5. The van der Waals surface area contributed by atoms with Crippen LogP contribution in [0.3, 0.4) is 0 Å². The molecule has 1 aliphatic heterocycles. The number of ether oxygens (including phenoxy) is 2. The lowest BCUT2D eigenvalue weighted by atomic mass is 10.1. The van der Waals surface area contributed by atoms with E-state index >= 15 is 0 Å². The van der Waals surface area contributed by atoms with Crippen molar-refractivity contribution in [1.82, 2.24) is 0 Å². The summed E-state index contributed by atoms with van der Waals surface area (Å²) in [6, 6.07) is 0. The van der Waals surface area contributed by atoms with Crippen molar-refractivity contribution in [2.75, 3.05) is 6.61 Å². The van der Waals surface area contributed by atoms with Crippen LogP contribution in [0.4, 0.5) is 0 Å². The number of hydrogen-bond acceptors (Lipinski definition) is 6. The first-order valence-electron chi connectivity index (χ1n) is 3.86. The molecule has 13 heavy (non-hydrogen) atoms. The predicted octanol–water partition coefficient (Wildman–Crippen LogP) is -2.01. The molecule has 1 fully saturated rings. The number of rotatable bonds is 2. The molecule has 3 N–H and O–H groups in total. The summed E-state index contributed by atoms with van der Waals surface area (Å²) in [5.74, 6) is -0.616. The predicted molar refractivity (Wildman–Crippen MR) is 39.5 cm³/mol. The van der Waals surface area contributed by atoms with Crippen LogP contribution in [0.25, 0.3) is 0 Å². The van der Waals surface area contributed by atoms with Crippen molar-refractivity contribution in [2.24, 2.45) is 0 Å². The smallest absolute Gasteiger partial charge is 0.305 e. The van der Waals surface area contributed by atoms with Crippen molar-refractivity contribution in [3.63, 3.8) is 0 Å². The molecule has 4 atom stereocenters. The Morgan fingerprint density at radius 3 is 2.46 bits per heavy atom. The van der Waals surface area contributed by atoms with Crippen LogP contribution in [0.2, 0.25) is 0 Å². The fourth-order valence-electron chi connectivity index (χ4n) is 1.13. The molecule has 0 aromatic heterocycles. The van der Waals surface area contributed by atoms with E-state index in [1.165, 1.54) is 0 Å². The minimum Gasteiger partial charge on any atom is -0.433 e. The molecule has 1 saturated heterocycles. The van der Waals surface area contributed by atoms with E-state index in [1.807, 2.05) is 0 Å². The lowest BCUT2D eigenvalue weighted by Gasteiger charge is -2.13. The highest BCUT2D eigenvalue weighted by Crippen LogP contribution is 2.21. The third-order valence-corrected chi connectivity index (χ3v) is 1.78. The summed E-state index contributed by atoms with van der Waals surface area (Å²) in [7, 11) is 0. The van der Waals surface area contributed by atoms with Crippen LogP contribution in [0, 0.1) is 0 Å². The molecule has 6 nitrogen and oxygen atoms in total. The quantitative estimate of drug-likeness (QED) is 0.437. The monoisotopic (exact) mass is 192 g/mol. The fourth-order valence-corrected chi connectivity index (χ4v) is 1.13. The third kappa shape index (κ3) is 2.16. The van der Waals surface area contributed by atoms with Gasteiger partial charge in [-0.25, -0.2) is 0 Å². The van der Waals surface area contributed by atoms with E-state index in [1.54, 1.807) is 0 Å². The normalized spacial score (nSPS) is 39.1. The molecule has 6 heteroatoms. The van der Waals surface area contributed by atoms with Gasteiger partial charge in [0.2, 0.25) is 6.29 Å². The zero-order valence-corrected chi connectivity index (χ0v) is 7.08. The lowest BCUT2D eigenvalue weighted by Crippen LogP contribution is -2.35. The Bertz CT molecular complexity index is 193. The van der Waals surface area contributed by atoms with E-state index in [2.05, 4.69) is 4.74 Å². The van der Waals surface area contributed by atoms with Gasteiger partial charge in [0.15, 0.2) is 0 Å². The Balaban J connectivity index is 2.55. The van der Waals surface area contributed by atoms with Crippen LogP contribution in [0.1, 0.15) is 6.92 Å². The van der Waals surface area contributed by atoms with Crippen molar-refractivity contribution in [2.45, 2.75) is 31.5 Å². The van der Waals surface area contributed by atoms with Gasteiger partial charge in [0.1, 0.15) is 18.3 Å². The van der Waals surface area contributed by atoms with Gasteiger partial charge in [0.25, 0.3) is 0 Å². The van der Waals surface area contributed by atoms with Gasteiger partial charge in [-0.1, -0.05) is 0 Å². The average molecular weight is 192 g/mol. The molecule has 1 rings (SSSR count). The topological polar surface area (TPSA) is 96.2 Å². The molecule has 0 unspecified atom stereocenters. The average Bonchev–Trinajstić information content (AvgIpc) is 2.32. The standard InChI is InChI=1S/C7H12O6/c1-3(9)12-7-6(11)5(10)4(2-8)13-7/h4-8,10-11H,2H2,1H3/t4-,5-,6-,7-/m0/s1. The summed E-state index contributed by atoms with van der Waals surface area (Å²) in [5.41, 5.74) is 0. The maximum atomic E-state index is 10.5. The van der Waals surface area contributed by atoms with Crippen LogP contribution in [-0.2, 0) is 14.3 Å². The van der Waals surface area contributed by atoms with Gasteiger partial charge < -0.3 is 24.8 Å². The third-order valence-electron chi connectivity index (χ3n) is 1.78. The van der Waals surface area contributed by atoms with Crippen LogP contribution in [-0.4, -0.2) is 52.5 Å². The molecule has 0 saturated carbocycles. The van der Waals surface area contributed by atoms with Crippen molar-refractivity contribution in [3.05, 3.63) is 0 Å². The molecule has 1 heterocycles. The van der Waals surface area contributed by atoms with Crippen LogP contribution >= 0.6 is 0 Å². The van der Waals surface area contributed by atoms with Crippen molar-refractivity contribution in [3.8, 4) is 0 Å². The summed E-state index contributed by atoms with van der Waals surface area (Å²) in [5, 5.41) is 27.1. The largest absolute Gasteiger partial charge is 0.433 e. The molecule has 0 aliphatic carbocycles. The molecular weight excluding hydrogens is 180 g/mol. The molecule has 0 bridgehead atoms. The SMILES string of the molecule is CC(=O)O[C@H]1O[C@@H](CO)[C@H](O)[C@@H]1O. The van der Waals surface area contributed by atoms with Crippen LogP contribution < -0.4 is 0 Å². The highest BCUT2D eigenvalue weighted by Gasteiger charge is 2.44. The number of esters is 1. The zero-order chi connectivity index (χ0) is 10.0. The maximum Gasteiger partial charge on any atom is 0.305 e. The van der Waals surface area contributed by atoms with Crippen molar-refractivity contribution >= 4 is 5.97 Å². The number of carbonyl (C=O) groups excluding carboxylic acids is 1.